The Labute approximate surface area is 105 Å². The maximum absolute atomic E-state index is 12.3. The van der Waals surface area contributed by atoms with Gasteiger partial charge in [0.1, 0.15) is 0 Å². The molecule has 0 unspecified atom stereocenters. The minimum absolute atomic E-state index is 0.205. The average Bonchev–Trinajstić information content (AvgIpc) is 2.87. The molecule has 0 aliphatic carbocycles. The van der Waals surface area contributed by atoms with Gasteiger partial charge in [-0.25, -0.2) is 4.79 Å². The number of hydrogen-bond acceptors (Lipinski definition) is 5. The number of ether oxygens (including phenoxy) is 1. The Hall–Kier alpha value is -2.38. The molecule has 2 rings (SSSR count). The second-order valence-electron chi connectivity index (χ2n) is 3.49. The quantitative estimate of drug-likeness (QED) is 0.786. The smallest absolute Gasteiger partial charge is 0.465 e. The van der Waals surface area contributed by atoms with Gasteiger partial charge >= 0.3 is 18.0 Å². The van der Waals surface area contributed by atoms with Crippen LogP contribution < -0.4 is 0 Å². The zero-order valence-electron chi connectivity index (χ0n) is 9.56. The summed E-state index contributed by atoms with van der Waals surface area (Å²) in [7, 11) is 1.23. The standard InChI is InChI=1S/C11H7F3N2O3/c1-18-9(17)7-4-2-6(3-5-7)8-15-10(19-16-8)11(12,13)14/h2-5H,1H3. The Kier molecular flexibility index (Phi) is 3.24. The van der Waals surface area contributed by atoms with E-state index in [9.17, 15) is 18.0 Å². The largest absolute Gasteiger partial charge is 0.471 e. The maximum atomic E-state index is 12.3. The predicted octanol–water partition coefficient (Wildman–Crippen LogP) is 2.54. The minimum atomic E-state index is -4.68. The number of carbonyl (C=O) groups is 1. The summed E-state index contributed by atoms with van der Waals surface area (Å²) in [5.74, 6) is -2.17. The Morgan fingerprint density at radius 3 is 2.37 bits per heavy atom. The van der Waals surface area contributed by atoms with Crippen molar-refractivity contribution in [3.63, 3.8) is 0 Å². The van der Waals surface area contributed by atoms with Gasteiger partial charge in [0.05, 0.1) is 12.7 Å². The van der Waals surface area contributed by atoms with Gasteiger partial charge in [0, 0.05) is 5.56 Å². The fourth-order valence-corrected chi connectivity index (χ4v) is 1.33. The van der Waals surface area contributed by atoms with Gasteiger partial charge in [0.15, 0.2) is 0 Å². The zero-order chi connectivity index (χ0) is 14.0. The van der Waals surface area contributed by atoms with E-state index in [1.165, 1.54) is 31.4 Å². The molecule has 0 aliphatic rings. The molecule has 19 heavy (non-hydrogen) atoms. The molecule has 0 N–H and O–H groups in total. The van der Waals surface area contributed by atoms with E-state index < -0.39 is 18.0 Å². The van der Waals surface area contributed by atoms with Crippen LogP contribution in [0.2, 0.25) is 0 Å². The van der Waals surface area contributed by atoms with E-state index in [0.717, 1.165) is 0 Å². The second kappa shape index (κ2) is 4.71. The number of rotatable bonds is 2. The summed E-state index contributed by atoms with van der Waals surface area (Å²) >= 11 is 0. The van der Waals surface area contributed by atoms with Crippen molar-refractivity contribution in [2.24, 2.45) is 0 Å². The molecule has 0 spiro atoms. The van der Waals surface area contributed by atoms with Crippen molar-refractivity contribution in [1.29, 1.82) is 0 Å². The number of alkyl halides is 3. The summed E-state index contributed by atoms with van der Waals surface area (Å²) in [6.45, 7) is 0. The third kappa shape index (κ3) is 2.72. The molecule has 0 bridgehead atoms. The fourth-order valence-electron chi connectivity index (χ4n) is 1.33. The van der Waals surface area contributed by atoms with Crippen LogP contribution >= 0.6 is 0 Å². The highest BCUT2D eigenvalue weighted by Crippen LogP contribution is 2.29. The topological polar surface area (TPSA) is 65.2 Å². The molecule has 2 aromatic rings. The molecule has 100 valence electrons. The third-order valence-corrected chi connectivity index (χ3v) is 2.23. The zero-order valence-corrected chi connectivity index (χ0v) is 9.56. The van der Waals surface area contributed by atoms with Crippen molar-refractivity contribution in [3.05, 3.63) is 35.7 Å². The first-order chi connectivity index (χ1) is 8.91. The monoisotopic (exact) mass is 272 g/mol. The number of esters is 1. The van der Waals surface area contributed by atoms with Crippen molar-refractivity contribution < 1.29 is 27.2 Å². The van der Waals surface area contributed by atoms with Crippen molar-refractivity contribution in [2.45, 2.75) is 6.18 Å². The lowest BCUT2D eigenvalue weighted by Gasteiger charge is -1.99. The van der Waals surface area contributed by atoms with Crippen LogP contribution in [-0.4, -0.2) is 23.2 Å². The Morgan fingerprint density at radius 2 is 1.89 bits per heavy atom. The number of aromatic nitrogens is 2. The first kappa shape index (κ1) is 13.1. The highest BCUT2D eigenvalue weighted by molar-refractivity contribution is 5.89. The van der Waals surface area contributed by atoms with Crippen molar-refractivity contribution >= 4 is 5.97 Å². The van der Waals surface area contributed by atoms with Crippen LogP contribution in [0.5, 0.6) is 0 Å². The number of benzene rings is 1. The van der Waals surface area contributed by atoms with Crippen LogP contribution in [0.3, 0.4) is 0 Å². The molecule has 0 atom stereocenters. The summed E-state index contributed by atoms with van der Waals surface area (Å²) in [5, 5.41) is 3.23. The molecule has 5 nitrogen and oxygen atoms in total. The minimum Gasteiger partial charge on any atom is -0.465 e. The molecule has 0 amide bonds. The highest BCUT2D eigenvalue weighted by Gasteiger charge is 2.38. The van der Waals surface area contributed by atoms with Crippen LogP contribution in [0.1, 0.15) is 16.2 Å². The third-order valence-electron chi connectivity index (χ3n) is 2.23. The normalized spacial score (nSPS) is 11.4. The number of halogens is 3. The Bertz CT molecular complexity index is 590. The van der Waals surface area contributed by atoms with E-state index in [1.807, 2.05) is 0 Å². The van der Waals surface area contributed by atoms with Crippen molar-refractivity contribution in [2.75, 3.05) is 7.11 Å². The molecule has 1 aromatic carbocycles. The Balaban J connectivity index is 2.28. The lowest BCUT2D eigenvalue weighted by molar-refractivity contribution is -0.159. The second-order valence-corrected chi connectivity index (χ2v) is 3.49. The van der Waals surface area contributed by atoms with Gasteiger partial charge in [-0.1, -0.05) is 17.3 Å². The molecular formula is C11H7F3N2O3. The molecule has 0 saturated carbocycles. The summed E-state index contributed by atoms with van der Waals surface area (Å²) < 4.78 is 45.4. The van der Waals surface area contributed by atoms with E-state index in [-0.39, 0.29) is 11.4 Å². The van der Waals surface area contributed by atoms with Crippen LogP contribution in [-0.2, 0) is 10.9 Å². The molecule has 1 heterocycles. The summed E-state index contributed by atoms with van der Waals surface area (Å²) in [5.41, 5.74) is 0.567. The van der Waals surface area contributed by atoms with Gasteiger partial charge in [-0.3, -0.25) is 0 Å². The van der Waals surface area contributed by atoms with Crippen LogP contribution in [0.4, 0.5) is 13.2 Å². The average molecular weight is 272 g/mol. The molecule has 0 fully saturated rings. The molecule has 0 radical (unpaired) electrons. The van der Waals surface area contributed by atoms with Gasteiger partial charge in [-0.05, 0) is 12.1 Å². The lowest BCUT2D eigenvalue weighted by Crippen LogP contribution is -2.04. The van der Waals surface area contributed by atoms with E-state index in [2.05, 4.69) is 19.4 Å². The molecule has 0 saturated heterocycles. The molecule has 1 aromatic heterocycles. The Morgan fingerprint density at radius 1 is 1.26 bits per heavy atom. The lowest BCUT2D eigenvalue weighted by atomic mass is 10.1. The van der Waals surface area contributed by atoms with Gasteiger partial charge < -0.3 is 9.26 Å². The van der Waals surface area contributed by atoms with Gasteiger partial charge in [0.2, 0.25) is 5.82 Å². The van der Waals surface area contributed by atoms with Gasteiger partial charge in [-0.15, -0.1) is 0 Å². The SMILES string of the molecule is COC(=O)c1ccc(-c2noc(C(F)(F)F)n2)cc1. The highest BCUT2D eigenvalue weighted by atomic mass is 19.4. The number of methoxy groups -OCH3 is 1. The number of carbonyl (C=O) groups excluding carboxylic acids is 1. The maximum Gasteiger partial charge on any atom is 0.471 e. The first-order valence-corrected chi connectivity index (χ1v) is 5.01. The summed E-state index contributed by atoms with van der Waals surface area (Å²) in [4.78, 5) is 14.4. The summed E-state index contributed by atoms with van der Waals surface area (Å²) in [6.07, 6.45) is -4.68. The van der Waals surface area contributed by atoms with Crippen molar-refractivity contribution in [3.8, 4) is 11.4 Å². The molecule has 8 heteroatoms. The molecule has 0 aliphatic heterocycles. The molecular weight excluding hydrogens is 265 g/mol. The number of hydrogen-bond donors (Lipinski definition) is 0. The van der Waals surface area contributed by atoms with Crippen LogP contribution in [0, 0.1) is 0 Å². The first-order valence-electron chi connectivity index (χ1n) is 5.01. The van der Waals surface area contributed by atoms with Crippen molar-refractivity contribution in [1.82, 2.24) is 10.1 Å². The van der Waals surface area contributed by atoms with E-state index in [0.29, 0.717) is 5.56 Å². The predicted molar refractivity (Wildman–Crippen MR) is 56.1 cm³/mol. The summed E-state index contributed by atoms with van der Waals surface area (Å²) in [6, 6.07) is 5.59. The van der Waals surface area contributed by atoms with Gasteiger partial charge in [-0.2, -0.15) is 18.2 Å². The number of nitrogens with zero attached hydrogens (tertiary/aromatic N) is 2. The van der Waals surface area contributed by atoms with E-state index in [1.54, 1.807) is 0 Å². The van der Waals surface area contributed by atoms with Crippen LogP contribution in [0.15, 0.2) is 28.8 Å². The fraction of sp³-hybridized carbons (Fsp3) is 0.182. The van der Waals surface area contributed by atoms with Gasteiger partial charge in [0.25, 0.3) is 0 Å². The van der Waals surface area contributed by atoms with E-state index in [4.69, 9.17) is 0 Å². The van der Waals surface area contributed by atoms with Crippen LogP contribution in [0.25, 0.3) is 11.4 Å². The van der Waals surface area contributed by atoms with E-state index >= 15 is 0 Å².